The number of aromatic nitrogens is 3. The second kappa shape index (κ2) is 6.38. The van der Waals surface area contributed by atoms with Crippen molar-refractivity contribution in [3.63, 3.8) is 0 Å². The van der Waals surface area contributed by atoms with E-state index in [0.717, 1.165) is 58.3 Å². The Hall–Kier alpha value is -3.43. The van der Waals surface area contributed by atoms with Crippen LogP contribution in [0.1, 0.15) is 12.1 Å². The second-order valence-electron chi connectivity index (χ2n) is 6.73. The van der Waals surface area contributed by atoms with E-state index in [1.807, 2.05) is 18.3 Å². The van der Waals surface area contributed by atoms with Crippen molar-refractivity contribution < 1.29 is 4.74 Å². The maximum Gasteiger partial charge on any atom is 0.141 e. The molecule has 0 bridgehead atoms. The molecule has 1 aliphatic rings. The van der Waals surface area contributed by atoms with E-state index in [2.05, 4.69) is 44.5 Å². The van der Waals surface area contributed by atoms with Gasteiger partial charge in [0.1, 0.15) is 29.3 Å². The smallest absolute Gasteiger partial charge is 0.141 e. The zero-order valence-electron chi connectivity index (χ0n) is 14.6. The lowest BCUT2D eigenvalue weighted by molar-refractivity contribution is 0.223. The van der Waals surface area contributed by atoms with Crippen LogP contribution in [0.25, 0.3) is 33.1 Å². The molecule has 1 saturated heterocycles. The highest BCUT2D eigenvalue weighted by Crippen LogP contribution is 2.29. The predicted molar refractivity (Wildman–Crippen MR) is 103 cm³/mol. The van der Waals surface area contributed by atoms with E-state index < -0.39 is 0 Å². The third-order valence-corrected chi connectivity index (χ3v) is 4.95. The van der Waals surface area contributed by atoms with E-state index >= 15 is 0 Å². The summed E-state index contributed by atoms with van der Waals surface area (Å²) in [5, 5.41) is 14.4. The minimum absolute atomic E-state index is 0.253. The SMILES string of the molecule is N#Cc1cc2c(cn1)[nH]c1ncc(-c3ccc(O[C@@H]4CCNC4)cc3)cc12. The first-order chi connectivity index (χ1) is 13.3. The topological polar surface area (TPSA) is 86.6 Å². The number of nitriles is 1. The van der Waals surface area contributed by atoms with E-state index in [1.54, 1.807) is 12.3 Å². The highest BCUT2D eigenvalue weighted by molar-refractivity contribution is 6.06. The lowest BCUT2D eigenvalue weighted by atomic mass is 10.1. The standard InChI is InChI=1S/C21H17N5O/c22-9-15-8-18-19-7-14(10-25-21(19)26-20(18)12-24-15)13-1-3-16(4-2-13)27-17-5-6-23-11-17/h1-4,7-8,10,12,17,23H,5-6,11H2,(H,25,26)/t17-/m1/s1. The van der Waals surface area contributed by atoms with E-state index in [9.17, 15) is 0 Å². The van der Waals surface area contributed by atoms with Crippen molar-refractivity contribution >= 4 is 21.9 Å². The van der Waals surface area contributed by atoms with Crippen molar-refractivity contribution in [3.8, 4) is 22.9 Å². The summed E-state index contributed by atoms with van der Waals surface area (Å²) in [6, 6.07) is 14.1. The molecule has 4 heterocycles. The van der Waals surface area contributed by atoms with Crippen LogP contribution in [-0.2, 0) is 0 Å². The van der Waals surface area contributed by atoms with Crippen molar-refractivity contribution in [2.24, 2.45) is 0 Å². The summed E-state index contributed by atoms with van der Waals surface area (Å²) in [6.45, 7) is 1.92. The fourth-order valence-corrected chi connectivity index (χ4v) is 3.54. The normalized spacial score (nSPS) is 16.6. The molecule has 1 aromatic carbocycles. The molecular weight excluding hydrogens is 338 g/mol. The average molecular weight is 355 g/mol. The van der Waals surface area contributed by atoms with Gasteiger partial charge < -0.3 is 15.0 Å². The molecule has 132 valence electrons. The van der Waals surface area contributed by atoms with Gasteiger partial charge >= 0.3 is 0 Å². The number of ether oxygens (including phenoxy) is 1. The predicted octanol–water partition coefficient (Wildman–Crippen LogP) is 3.39. The van der Waals surface area contributed by atoms with E-state index in [4.69, 9.17) is 10.00 Å². The van der Waals surface area contributed by atoms with Crippen LogP contribution in [0.4, 0.5) is 0 Å². The quantitative estimate of drug-likeness (QED) is 0.588. The third-order valence-electron chi connectivity index (χ3n) is 4.95. The van der Waals surface area contributed by atoms with Crippen LogP contribution in [-0.4, -0.2) is 34.1 Å². The number of nitrogens with zero attached hydrogens (tertiary/aromatic N) is 3. The molecule has 0 aliphatic carbocycles. The lowest BCUT2D eigenvalue weighted by Crippen LogP contribution is -2.19. The molecule has 4 aromatic rings. The molecule has 0 spiro atoms. The van der Waals surface area contributed by atoms with Gasteiger partial charge in [-0.15, -0.1) is 0 Å². The highest BCUT2D eigenvalue weighted by atomic mass is 16.5. The molecule has 5 rings (SSSR count). The number of fused-ring (bicyclic) bond motifs is 3. The summed E-state index contributed by atoms with van der Waals surface area (Å²) in [4.78, 5) is 11.9. The number of H-pyrrole nitrogens is 1. The number of hydrogen-bond acceptors (Lipinski definition) is 5. The number of rotatable bonds is 3. The number of aromatic amines is 1. The van der Waals surface area contributed by atoms with Gasteiger partial charge in [-0.1, -0.05) is 12.1 Å². The van der Waals surface area contributed by atoms with Crippen LogP contribution >= 0.6 is 0 Å². The van der Waals surface area contributed by atoms with Gasteiger partial charge in [-0.3, -0.25) is 0 Å². The Morgan fingerprint density at radius 1 is 1.04 bits per heavy atom. The van der Waals surface area contributed by atoms with Gasteiger partial charge in [0, 0.05) is 29.1 Å². The summed E-state index contributed by atoms with van der Waals surface area (Å²) >= 11 is 0. The molecule has 0 amide bonds. The Labute approximate surface area is 155 Å². The van der Waals surface area contributed by atoms with Crippen molar-refractivity contribution in [2.75, 3.05) is 13.1 Å². The van der Waals surface area contributed by atoms with Crippen molar-refractivity contribution in [1.29, 1.82) is 5.26 Å². The van der Waals surface area contributed by atoms with Gasteiger partial charge in [-0.25, -0.2) is 9.97 Å². The molecule has 6 nitrogen and oxygen atoms in total. The van der Waals surface area contributed by atoms with Crippen LogP contribution in [0.5, 0.6) is 5.75 Å². The van der Waals surface area contributed by atoms with E-state index in [1.165, 1.54) is 0 Å². The minimum atomic E-state index is 0.253. The number of nitrogens with one attached hydrogen (secondary N) is 2. The Morgan fingerprint density at radius 3 is 2.70 bits per heavy atom. The van der Waals surface area contributed by atoms with E-state index in [-0.39, 0.29) is 6.10 Å². The molecule has 1 aliphatic heterocycles. The monoisotopic (exact) mass is 355 g/mol. The highest BCUT2D eigenvalue weighted by Gasteiger charge is 2.16. The first-order valence-corrected chi connectivity index (χ1v) is 8.95. The van der Waals surface area contributed by atoms with Crippen molar-refractivity contribution in [3.05, 3.63) is 54.5 Å². The van der Waals surface area contributed by atoms with Gasteiger partial charge in [0.15, 0.2) is 0 Å². The molecular formula is C21H17N5O. The largest absolute Gasteiger partial charge is 0.489 e. The van der Waals surface area contributed by atoms with Gasteiger partial charge in [0.05, 0.1) is 11.7 Å². The van der Waals surface area contributed by atoms with Crippen molar-refractivity contribution in [2.45, 2.75) is 12.5 Å². The van der Waals surface area contributed by atoms with Crippen LogP contribution in [0.2, 0.25) is 0 Å². The Balaban J connectivity index is 1.50. The Bertz CT molecular complexity index is 1170. The zero-order valence-corrected chi connectivity index (χ0v) is 14.6. The van der Waals surface area contributed by atoms with Gasteiger partial charge in [0.2, 0.25) is 0 Å². The van der Waals surface area contributed by atoms with Crippen LogP contribution in [0, 0.1) is 11.3 Å². The van der Waals surface area contributed by atoms with Crippen LogP contribution in [0.3, 0.4) is 0 Å². The first-order valence-electron chi connectivity index (χ1n) is 8.95. The minimum Gasteiger partial charge on any atom is -0.489 e. The number of benzene rings is 1. The average Bonchev–Trinajstić information content (AvgIpc) is 3.35. The third kappa shape index (κ3) is 2.88. The molecule has 3 aromatic heterocycles. The molecule has 1 fully saturated rings. The molecule has 27 heavy (non-hydrogen) atoms. The van der Waals surface area contributed by atoms with Gasteiger partial charge in [-0.05, 0) is 42.8 Å². The maximum atomic E-state index is 9.11. The lowest BCUT2D eigenvalue weighted by Gasteiger charge is -2.12. The second-order valence-corrected chi connectivity index (χ2v) is 6.73. The molecule has 0 radical (unpaired) electrons. The summed E-state index contributed by atoms with van der Waals surface area (Å²) < 4.78 is 5.99. The first kappa shape index (κ1) is 15.8. The Morgan fingerprint density at radius 2 is 1.93 bits per heavy atom. The molecule has 2 N–H and O–H groups in total. The molecule has 6 heteroatoms. The number of hydrogen-bond donors (Lipinski definition) is 2. The maximum absolute atomic E-state index is 9.11. The van der Waals surface area contributed by atoms with Crippen LogP contribution < -0.4 is 10.1 Å². The molecule has 0 unspecified atom stereocenters. The zero-order chi connectivity index (χ0) is 18.2. The number of pyridine rings is 2. The van der Waals surface area contributed by atoms with Crippen molar-refractivity contribution in [1.82, 2.24) is 20.3 Å². The van der Waals surface area contributed by atoms with Gasteiger partial charge in [0.25, 0.3) is 0 Å². The Kier molecular flexibility index (Phi) is 3.73. The molecule has 0 saturated carbocycles. The van der Waals surface area contributed by atoms with E-state index in [0.29, 0.717) is 5.69 Å². The summed E-state index contributed by atoms with van der Waals surface area (Å²) in [5.74, 6) is 0.887. The summed E-state index contributed by atoms with van der Waals surface area (Å²) in [6.07, 6.45) is 4.83. The summed E-state index contributed by atoms with van der Waals surface area (Å²) in [5.41, 5.74) is 4.16. The summed E-state index contributed by atoms with van der Waals surface area (Å²) in [7, 11) is 0. The van der Waals surface area contributed by atoms with Gasteiger partial charge in [-0.2, -0.15) is 5.26 Å². The fraction of sp³-hybridized carbons (Fsp3) is 0.190. The van der Waals surface area contributed by atoms with Crippen LogP contribution in [0.15, 0.2) is 48.8 Å². The fourth-order valence-electron chi connectivity index (χ4n) is 3.54. The molecule has 1 atom stereocenters.